The third kappa shape index (κ3) is 3.84. The van der Waals surface area contributed by atoms with Crippen LogP contribution in [0.1, 0.15) is 28.6 Å². The largest absolute Gasteiger partial charge is 0.494 e. The van der Waals surface area contributed by atoms with Gasteiger partial charge in [0.1, 0.15) is 5.75 Å². The Hall–Kier alpha value is -1.33. The first-order valence-electron chi connectivity index (χ1n) is 6.40. The molecule has 1 aromatic carbocycles. The molecule has 0 saturated heterocycles. The summed E-state index contributed by atoms with van der Waals surface area (Å²) in [6, 6.07) is 9.29. The van der Waals surface area contributed by atoms with Gasteiger partial charge in [-0.3, -0.25) is 4.79 Å². The molecule has 3 nitrogen and oxygen atoms in total. The van der Waals surface area contributed by atoms with E-state index in [2.05, 4.69) is 28.2 Å². The number of nitrogens with one attached hydrogen (secondary N) is 1. The number of hydrogen-bond acceptors (Lipinski definition) is 3. The van der Waals surface area contributed by atoms with Crippen LogP contribution < -0.4 is 10.1 Å². The second-order valence-corrected chi connectivity index (χ2v) is 6.76. The summed E-state index contributed by atoms with van der Waals surface area (Å²) in [7, 11) is 0. The van der Waals surface area contributed by atoms with E-state index in [1.807, 2.05) is 37.3 Å². The molecule has 1 N–H and O–H groups in total. The second-order valence-electron chi connectivity index (χ2n) is 4.39. The molecule has 2 aromatic rings. The third-order valence-electron chi connectivity index (χ3n) is 2.67. The summed E-state index contributed by atoms with van der Waals surface area (Å²) in [5.41, 5.74) is 1.84. The first-order chi connectivity index (χ1) is 9.60. The summed E-state index contributed by atoms with van der Waals surface area (Å²) in [6.07, 6.45) is 0.977. The van der Waals surface area contributed by atoms with Gasteiger partial charge >= 0.3 is 0 Å². The molecule has 0 aliphatic carbocycles. The van der Waals surface area contributed by atoms with E-state index in [-0.39, 0.29) is 5.91 Å². The van der Waals surface area contributed by atoms with Gasteiger partial charge in [0.2, 0.25) is 0 Å². The Bertz CT molecular complexity index is 573. The number of halogens is 1. The molecule has 0 radical (unpaired) electrons. The van der Waals surface area contributed by atoms with Gasteiger partial charge in [-0.25, -0.2) is 0 Å². The van der Waals surface area contributed by atoms with Crippen LogP contribution in [0.4, 0.5) is 5.69 Å². The van der Waals surface area contributed by atoms with E-state index in [9.17, 15) is 4.79 Å². The Morgan fingerprint density at radius 1 is 1.35 bits per heavy atom. The molecule has 20 heavy (non-hydrogen) atoms. The van der Waals surface area contributed by atoms with E-state index in [1.54, 1.807) is 0 Å². The van der Waals surface area contributed by atoms with Gasteiger partial charge in [-0.1, -0.05) is 6.92 Å². The van der Waals surface area contributed by atoms with E-state index < -0.39 is 0 Å². The van der Waals surface area contributed by atoms with Crippen molar-refractivity contribution in [2.75, 3.05) is 11.9 Å². The van der Waals surface area contributed by atoms with Crippen LogP contribution in [0.15, 0.2) is 34.1 Å². The monoisotopic (exact) mass is 353 g/mol. The highest BCUT2D eigenvalue weighted by Crippen LogP contribution is 2.28. The Labute approximate surface area is 131 Å². The molecule has 106 valence electrons. The van der Waals surface area contributed by atoms with E-state index >= 15 is 0 Å². The lowest BCUT2D eigenvalue weighted by Gasteiger charge is -2.06. The summed E-state index contributed by atoms with van der Waals surface area (Å²) >= 11 is 4.86. The zero-order valence-corrected chi connectivity index (χ0v) is 13.8. The number of hydrogen-bond donors (Lipinski definition) is 1. The van der Waals surface area contributed by atoms with Gasteiger partial charge in [0.05, 0.1) is 15.3 Å². The number of carbonyl (C=O) groups excluding carboxylic acids is 1. The number of anilines is 1. The van der Waals surface area contributed by atoms with Crippen molar-refractivity contribution in [2.45, 2.75) is 20.3 Å². The lowest BCUT2D eigenvalue weighted by molar-refractivity contribution is 0.103. The first-order valence-corrected chi connectivity index (χ1v) is 8.01. The highest BCUT2D eigenvalue weighted by molar-refractivity contribution is 9.11. The molecule has 1 aromatic heterocycles. The SMILES string of the molecule is CCCOc1ccc(NC(=O)c2cc(C)c(Br)s2)cc1. The van der Waals surface area contributed by atoms with Crippen LogP contribution in [-0.2, 0) is 0 Å². The molecule has 5 heteroatoms. The molecular formula is C15H16BrNO2S. The van der Waals surface area contributed by atoms with Crippen molar-refractivity contribution >= 4 is 38.9 Å². The van der Waals surface area contributed by atoms with E-state index in [4.69, 9.17) is 4.74 Å². The highest BCUT2D eigenvalue weighted by atomic mass is 79.9. The molecule has 0 aliphatic rings. The highest BCUT2D eigenvalue weighted by Gasteiger charge is 2.11. The summed E-state index contributed by atoms with van der Waals surface area (Å²) in [6.45, 7) is 4.74. The minimum absolute atomic E-state index is 0.0916. The molecular weight excluding hydrogens is 338 g/mol. The Morgan fingerprint density at radius 3 is 2.60 bits per heavy atom. The standard InChI is InChI=1S/C15H16BrNO2S/c1-3-8-19-12-6-4-11(5-7-12)17-15(18)13-9-10(2)14(16)20-13/h4-7,9H,3,8H2,1-2H3,(H,17,18). The molecule has 0 unspecified atom stereocenters. The minimum atomic E-state index is -0.0916. The molecule has 0 bridgehead atoms. The van der Waals surface area contributed by atoms with Crippen LogP contribution in [0.2, 0.25) is 0 Å². The van der Waals surface area contributed by atoms with Crippen LogP contribution in [0.3, 0.4) is 0 Å². The normalized spacial score (nSPS) is 10.3. The molecule has 2 rings (SSSR count). The topological polar surface area (TPSA) is 38.3 Å². The Balaban J connectivity index is 2.00. The lowest BCUT2D eigenvalue weighted by Crippen LogP contribution is -2.09. The fourth-order valence-electron chi connectivity index (χ4n) is 1.62. The van der Waals surface area contributed by atoms with Crippen LogP contribution in [-0.4, -0.2) is 12.5 Å². The van der Waals surface area contributed by atoms with Crippen LogP contribution in [0.5, 0.6) is 5.75 Å². The summed E-state index contributed by atoms with van der Waals surface area (Å²) in [4.78, 5) is 12.8. The van der Waals surface area contributed by atoms with Crippen molar-refractivity contribution in [1.29, 1.82) is 0 Å². The Kier molecular flexibility index (Phi) is 5.20. The van der Waals surface area contributed by atoms with Crippen molar-refractivity contribution in [3.05, 3.63) is 44.6 Å². The van der Waals surface area contributed by atoms with Gasteiger partial charge < -0.3 is 10.1 Å². The predicted molar refractivity (Wildman–Crippen MR) is 86.9 cm³/mol. The average molecular weight is 354 g/mol. The van der Waals surface area contributed by atoms with Gasteiger partial charge in [-0.15, -0.1) is 11.3 Å². The number of rotatable bonds is 5. The van der Waals surface area contributed by atoms with Crippen LogP contribution in [0.25, 0.3) is 0 Å². The lowest BCUT2D eigenvalue weighted by atomic mass is 10.3. The summed E-state index contributed by atoms with van der Waals surface area (Å²) in [5.74, 6) is 0.727. The fraction of sp³-hybridized carbons (Fsp3) is 0.267. The maximum atomic E-state index is 12.1. The van der Waals surface area contributed by atoms with Gasteiger partial charge in [0.15, 0.2) is 0 Å². The van der Waals surface area contributed by atoms with Gasteiger partial charge in [0, 0.05) is 5.69 Å². The molecule has 0 spiro atoms. The first kappa shape index (κ1) is 15.1. The molecule has 0 aliphatic heterocycles. The zero-order chi connectivity index (χ0) is 14.5. The summed E-state index contributed by atoms with van der Waals surface area (Å²) < 4.78 is 6.49. The minimum Gasteiger partial charge on any atom is -0.494 e. The van der Waals surface area contributed by atoms with Crippen LogP contribution in [0, 0.1) is 6.92 Å². The van der Waals surface area contributed by atoms with Gasteiger partial charge in [0.25, 0.3) is 5.91 Å². The second kappa shape index (κ2) is 6.90. The smallest absolute Gasteiger partial charge is 0.265 e. The molecule has 0 fully saturated rings. The number of benzene rings is 1. The van der Waals surface area contributed by atoms with Gasteiger partial charge in [-0.2, -0.15) is 0 Å². The predicted octanol–water partition coefficient (Wildman–Crippen LogP) is 4.86. The number of aryl methyl sites for hydroxylation is 1. The summed E-state index contributed by atoms with van der Waals surface area (Å²) in [5, 5.41) is 2.88. The van der Waals surface area contributed by atoms with Crippen LogP contribution >= 0.6 is 27.3 Å². The quantitative estimate of drug-likeness (QED) is 0.833. The van der Waals surface area contributed by atoms with Crippen molar-refractivity contribution in [3.8, 4) is 5.75 Å². The van der Waals surface area contributed by atoms with Gasteiger partial charge in [-0.05, 0) is 65.2 Å². The number of thiophene rings is 1. The van der Waals surface area contributed by atoms with Crippen molar-refractivity contribution < 1.29 is 9.53 Å². The number of amides is 1. The Morgan fingerprint density at radius 2 is 2.05 bits per heavy atom. The fourth-order valence-corrected chi connectivity index (χ4v) is 3.05. The van der Waals surface area contributed by atoms with E-state index in [1.165, 1.54) is 11.3 Å². The maximum Gasteiger partial charge on any atom is 0.265 e. The molecule has 1 heterocycles. The zero-order valence-electron chi connectivity index (χ0n) is 11.4. The molecule has 0 atom stereocenters. The molecule has 0 saturated carbocycles. The number of ether oxygens (including phenoxy) is 1. The van der Waals surface area contributed by atoms with Crippen molar-refractivity contribution in [2.24, 2.45) is 0 Å². The molecule has 1 amide bonds. The average Bonchev–Trinajstić information content (AvgIpc) is 2.78. The van der Waals surface area contributed by atoms with Crippen molar-refractivity contribution in [1.82, 2.24) is 0 Å². The maximum absolute atomic E-state index is 12.1. The van der Waals surface area contributed by atoms with E-state index in [0.717, 1.165) is 27.2 Å². The van der Waals surface area contributed by atoms with Crippen molar-refractivity contribution in [3.63, 3.8) is 0 Å². The van der Waals surface area contributed by atoms with E-state index in [0.29, 0.717) is 11.5 Å². The number of carbonyl (C=O) groups is 1. The third-order valence-corrected chi connectivity index (χ3v) is 4.80.